The van der Waals surface area contributed by atoms with Gasteiger partial charge in [-0.05, 0) is 41.8 Å². The summed E-state index contributed by atoms with van der Waals surface area (Å²) in [6, 6.07) is 20.4. The molecule has 0 aliphatic rings. The molecule has 96 valence electrons. The molecule has 0 radical (unpaired) electrons. The predicted molar refractivity (Wildman–Crippen MR) is 80.4 cm³/mol. The molecule has 3 rings (SSSR count). The largest absolute Gasteiger partial charge is 0.256 e. The van der Waals surface area contributed by atoms with Crippen LogP contribution in [0.1, 0.15) is 22.6 Å². The lowest BCUT2D eigenvalue weighted by atomic mass is 9.92. The number of pyridine rings is 1. The van der Waals surface area contributed by atoms with Gasteiger partial charge in [-0.3, -0.25) is 4.98 Å². The van der Waals surface area contributed by atoms with Crippen LogP contribution in [-0.4, -0.2) is 4.98 Å². The van der Waals surface area contributed by atoms with Gasteiger partial charge in [-0.2, -0.15) is 5.26 Å². The topological polar surface area (TPSA) is 36.7 Å². The Morgan fingerprint density at radius 3 is 2.55 bits per heavy atom. The van der Waals surface area contributed by atoms with E-state index in [0.29, 0.717) is 0 Å². The SMILES string of the molecule is Cc1cnc2ccc(C(C#N)c3ccccc3)cc2c1. The van der Waals surface area contributed by atoms with Gasteiger partial charge < -0.3 is 0 Å². The first-order chi connectivity index (χ1) is 9.78. The maximum atomic E-state index is 9.49. The standard InChI is InChI=1S/C18H14N2/c1-13-9-16-10-15(7-8-18(16)20-12-13)17(11-19)14-5-3-2-4-6-14/h2-10,12,17H,1H3. The van der Waals surface area contributed by atoms with Gasteiger partial charge in [0.15, 0.2) is 0 Å². The van der Waals surface area contributed by atoms with E-state index >= 15 is 0 Å². The van der Waals surface area contributed by atoms with Crippen molar-refractivity contribution < 1.29 is 0 Å². The van der Waals surface area contributed by atoms with Gasteiger partial charge in [0, 0.05) is 11.6 Å². The van der Waals surface area contributed by atoms with Crippen LogP contribution in [0.25, 0.3) is 10.9 Å². The average Bonchev–Trinajstić information content (AvgIpc) is 2.49. The average molecular weight is 258 g/mol. The van der Waals surface area contributed by atoms with Crippen LogP contribution in [0.5, 0.6) is 0 Å². The van der Waals surface area contributed by atoms with Crippen LogP contribution in [0.3, 0.4) is 0 Å². The van der Waals surface area contributed by atoms with Crippen LogP contribution < -0.4 is 0 Å². The molecule has 0 saturated heterocycles. The molecule has 2 nitrogen and oxygen atoms in total. The van der Waals surface area contributed by atoms with Crippen molar-refractivity contribution in [2.24, 2.45) is 0 Å². The van der Waals surface area contributed by atoms with E-state index in [1.54, 1.807) is 0 Å². The molecule has 20 heavy (non-hydrogen) atoms. The summed E-state index contributed by atoms with van der Waals surface area (Å²) in [5, 5.41) is 10.6. The second-order valence-electron chi connectivity index (χ2n) is 4.94. The van der Waals surface area contributed by atoms with Gasteiger partial charge in [0.2, 0.25) is 0 Å². The zero-order valence-corrected chi connectivity index (χ0v) is 11.2. The second kappa shape index (κ2) is 5.14. The normalized spacial score (nSPS) is 12.0. The van der Waals surface area contributed by atoms with Crippen molar-refractivity contribution in [3.8, 4) is 6.07 Å². The van der Waals surface area contributed by atoms with Gasteiger partial charge in [-0.25, -0.2) is 0 Å². The van der Waals surface area contributed by atoms with Crippen molar-refractivity contribution in [1.29, 1.82) is 5.26 Å². The molecule has 0 saturated carbocycles. The van der Waals surface area contributed by atoms with Crippen LogP contribution in [0.15, 0.2) is 60.8 Å². The summed E-state index contributed by atoms with van der Waals surface area (Å²) < 4.78 is 0. The van der Waals surface area contributed by atoms with Crippen molar-refractivity contribution in [1.82, 2.24) is 4.98 Å². The summed E-state index contributed by atoms with van der Waals surface area (Å²) >= 11 is 0. The molecule has 2 aromatic carbocycles. The Kier molecular flexibility index (Phi) is 3.18. The van der Waals surface area contributed by atoms with Crippen molar-refractivity contribution >= 4 is 10.9 Å². The van der Waals surface area contributed by atoms with Crippen molar-refractivity contribution in [3.05, 3.63) is 77.5 Å². The van der Waals surface area contributed by atoms with E-state index in [9.17, 15) is 5.26 Å². The van der Waals surface area contributed by atoms with E-state index in [2.05, 4.69) is 23.2 Å². The molecule has 1 unspecified atom stereocenters. The number of benzene rings is 2. The van der Waals surface area contributed by atoms with Gasteiger partial charge in [0.1, 0.15) is 0 Å². The first-order valence-corrected chi connectivity index (χ1v) is 6.59. The van der Waals surface area contributed by atoms with E-state index in [1.165, 1.54) is 0 Å². The highest BCUT2D eigenvalue weighted by atomic mass is 14.6. The number of aryl methyl sites for hydroxylation is 1. The molecule has 0 N–H and O–H groups in total. The molecule has 1 heterocycles. The zero-order valence-electron chi connectivity index (χ0n) is 11.2. The van der Waals surface area contributed by atoms with Crippen LogP contribution in [-0.2, 0) is 0 Å². The number of nitriles is 1. The van der Waals surface area contributed by atoms with Crippen molar-refractivity contribution in [2.45, 2.75) is 12.8 Å². The molecule has 0 spiro atoms. The Morgan fingerprint density at radius 1 is 1.00 bits per heavy atom. The Hall–Kier alpha value is -2.66. The van der Waals surface area contributed by atoms with E-state index in [1.807, 2.05) is 55.6 Å². The number of hydrogen-bond acceptors (Lipinski definition) is 2. The Morgan fingerprint density at radius 2 is 1.80 bits per heavy atom. The van der Waals surface area contributed by atoms with E-state index in [-0.39, 0.29) is 5.92 Å². The van der Waals surface area contributed by atoms with E-state index in [0.717, 1.165) is 27.6 Å². The lowest BCUT2D eigenvalue weighted by molar-refractivity contribution is 1.04. The third-order valence-electron chi connectivity index (χ3n) is 3.44. The van der Waals surface area contributed by atoms with Gasteiger partial charge in [0.05, 0.1) is 17.5 Å². The van der Waals surface area contributed by atoms with Crippen LogP contribution in [0, 0.1) is 18.3 Å². The summed E-state index contributed by atoms with van der Waals surface area (Å²) in [6.07, 6.45) is 1.86. The molecular weight excluding hydrogens is 244 g/mol. The van der Waals surface area contributed by atoms with Crippen molar-refractivity contribution in [3.63, 3.8) is 0 Å². The molecule has 0 aliphatic heterocycles. The highest BCUT2D eigenvalue weighted by Gasteiger charge is 2.13. The number of rotatable bonds is 2. The predicted octanol–water partition coefficient (Wildman–Crippen LogP) is 4.20. The molecule has 1 aromatic heterocycles. The third kappa shape index (κ3) is 2.26. The molecule has 3 aromatic rings. The number of aromatic nitrogens is 1. The van der Waals surface area contributed by atoms with Gasteiger partial charge >= 0.3 is 0 Å². The molecule has 0 bridgehead atoms. The highest BCUT2D eigenvalue weighted by molar-refractivity contribution is 5.80. The summed E-state index contributed by atoms with van der Waals surface area (Å²) in [5.41, 5.74) is 4.13. The van der Waals surface area contributed by atoms with Gasteiger partial charge in [-0.15, -0.1) is 0 Å². The van der Waals surface area contributed by atoms with Crippen LogP contribution in [0.4, 0.5) is 0 Å². The molecule has 2 heteroatoms. The fourth-order valence-electron chi connectivity index (χ4n) is 2.43. The lowest BCUT2D eigenvalue weighted by Crippen LogP contribution is -1.98. The molecule has 0 aliphatic carbocycles. The monoisotopic (exact) mass is 258 g/mol. The summed E-state index contributed by atoms with van der Waals surface area (Å²) in [5.74, 6) is -0.235. The maximum Gasteiger partial charge on any atom is 0.0963 e. The minimum Gasteiger partial charge on any atom is -0.256 e. The lowest BCUT2D eigenvalue weighted by Gasteiger charge is -2.11. The summed E-state index contributed by atoms with van der Waals surface area (Å²) in [4.78, 5) is 4.40. The maximum absolute atomic E-state index is 9.49. The zero-order chi connectivity index (χ0) is 13.9. The first kappa shape index (κ1) is 12.4. The quantitative estimate of drug-likeness (QED) is 0.690. The Bertz CT molecular complexity index is 785. The highest BCUT2D eigenvalue weighted by Crippen LogP contribution is 2.26. The Labute approximate surface area is 118 Å². The smallest absolute Gasteiger partial charge is 0.0963 e. The fourth-order valence-corrected chi connectivity index (χ4v) is 2.43. The molecule has 1 atom stereocenters. The molecular formula is C18H14N2. The summed E-state index contributed by atoms with van der Waals surface area (Å²) in [6.45, 7) is 2.03. The van der Waals surface area contributed by atoms with E-state index < -0.39 is 0 Å². The Balaban J connectivity index is 2.11. The molecule has 0 amide bonds. The van der Waals surface area contributed by atoms with Crippen LogP contribution >= 0.6 is 0 Å². The number of nitrogens with zero attached hydrogens (tertiary/aromatic N) is 2. The van der Waals surface area contributed by atoms with E-state index in [4.69, 9.17) is 0 Å². The van der Waals surface area contributed by atoms with Crippen LogP contribution in [0.2, 0.25) is 0 Å². The second-order valence-corrected chi connectivity index (χ2v) is 4.94. The fraction of sp³-hybridized carbons (Fsp3) is 0.111. The van der Waals surface area contributed by atoms with Gasteiger partial charge in [-0.1, -0.05) is 36.4 Å². The number of hydrogen-bond donors (Lipinski definition) is 0. The molecule has 0 fully saturated rings. The van der Waals surface area contributed by atoms with Gasteiger partial charge in [0.25, 0.3) is 0 Å². The summed E-state index contributed by atoms with van der Waals surface area (Å²) in [7, 11) is 0. The minimum atomic E-state index is -0.235. The third-order valence-corrected chi connectivity index (χ3v) is 3.44. The van der Waals surface area contributed by atoms with Crippen molar-refractivity contribution in [2.75, 3.05) is 0 Å². The first-order valence-electron chi connectivity index (χ1n) is 6.59. The minimum absolute atomic E-state index is 0.235. The number of fused-ring (bicyclic) bond motifs is 1.